The molecule has 0 aromatic carbocycles. The van der Waals surface area contributed by atoms with Gasteiger partial charge in [0.15, 0.2) is 5.82 Å². The van der Waals surface area contributed by atoms with Crippen LogP contribution >= 0.6 is 0 Å². The van der Waals surface area contributed by atoms with Crippen LogP contribution in [0.4, 0.5) is 5.82 Å². The number of hydrogen-bond donors (Lipinski definition) is 1. The van der Waals surface area contributed by atoms with Crippen molar-refractivity contribution in [3.05, 3.63) is 17.8 Å². The molecule has 3 rings (SSSR count). The van der Waals surface area contributed by atoms with E-state index in [0.29, 0.717) is 6.54 Å². The zero-order valence-electron chi connectivity index (χ0n) is 10.8. The summed E-state index contributed by atoms with van der Waals surface area (Å²) in [6.07, 6.45) is 2.87. The fourth-order valence-electron chi connectivity index (χ4n) is 2.46. The lowest BCUT2D eigenvalue weighted by Crippen LogP contribution is -2.47. The minimum atomic E-state index is 0.461. The van der Waals surface area contributed by atoms with Crippen molar-refractivity contribution in [2.75, 3.05) is 37.6 Å². The maximum Gasteiger partial charge on any atom is 0.151 e. The Hall–Kier alpha value is -1.20. The van der Waals surface area contributed by atoms with Gasteiger partial charge in [-0.3, -0.25) is 4.90 Å². The topological polar surface area (TPSA) is 58.3 Å². The summed E-state index contributed by atoms with van der Waals surface area (Å²) in [5, 5.41) is 8.37. The molecular weight excluding hydrogens is 226 g/mol. The van der Waals surface area contributed by atoms with Crippen LogP contribution in [0.5, 0.6) is 0 Å². The number of anilines is 1. The Labute approximate surface area is 108 Å². The van der Waals surface area contributed by atoms with Gasteiger partial charge in [-0.05, 0) is 30.9 Å². The fourth-order valence-corrected chi connectivity index (χ4v) is 2.46. The highest BCUT2D eigenvalue weighted by Gasteiger charge is 2.26. The molecule has 1 saturated carbocycles. The average Bonchev–Trinajstić information content (AvgIpc) is 3.24. The van der Waals surface area contributed by atoms with E-state index in [-0.39, 0.29) is 0 Å². The first-order valence-electron chi connectivity index (χ1n) is 6.85. The molecule has 2 fully saturated rings. The van der Waals surface area contributed by atoms with E-state index in [1.54, 1.807) is 0 Å². The van der Waals surface area contributed by atoms with Gasteiger partial charge in [0.1, 0.15) is 0 Å². The van der Waals surface area contributed by atoms with Crippen molar-refractivity contribution in [2.45, 2.75) is 19.4 Å². The number of rotatable bonds is 4. The number of aromatic nitrogens is 2. The smallest absolute Gasteiger partial charge is 0.151 e. The van der Waals surface area contributed by atoms with Crippen LogP contribution in [0.3, 0.4) is 0 Å². The summed E-state index contributed by atoms with van der Waals surface area (Å²) in [7, 11) is 0. The minimum Gasteiger partial charge on any atom is -0.353 e. The van der Waals surface area contributed by atoms with Crippen molar-refractivity contribution in [1.29, 1.82) is 0 Å². The predicted octanol–water partition coefficient (Wildman–Crippen LogP) is 0.467. The van der Waals surface area contributed by atoms with Gasteiger partial charge < -0.3 is 10.6 Å². The molecular formula is C13H21N5. The monoisotopic (exact) mass is 247 g/mol. The molecule has 1 aromatic rings. The third-order valence-corrected chi connectivity index (χ3v) is 3.82. The first kappa shape index (κ1) is 11.9. The Bertz CT molecular complexity index is 379. The Morgan fingerprint density at radius 2 is 1.89 bits per heavy atom. The molecule has 0 bridgehead atoms. The molecule has 0 amide bonds. The molecule has 18 heavy (non-hydrogen) atoms. The van der Waals surface area contributed by atoms with E-state index >= 15 is 0 Å². The molecule has 2 aliphatic rings. The number of nitrogens with zero attached hydrogens (tertiary/aromatic N) is 4. The van der Waals surface area contributed by atoms with Gasteiger partial charge in [-0.1, -0.05) is 0 Å². The van der Waals surface area contributed by atoms with E-state index in [0.717, 1.165) is 43.6 Å². The molecule has 1 aliphatic heterocycles. The SMILES string of the molecule is NCc1ccc(N2CCN(CC3CC3)CC2)nn1. The molecule has 0 radical (unpaired) electrons. The normalized spacial score (nSPS) is 21.3. The van der Waals surface area contributed by atoms with Gasteiger partial charge in [-0.25, -0.2) is 0 Å². The zero-order chi connectivity index (χ0) is 12.4. The lowest BCUT2D eigenvalue weighted by atomic mass is 10.2. The van der Waals surface area contributed by atoms with Crippen molar-refractivity contribution >= 4 is 5.82 Å². The van der Waals surface area contributed by atoms with Gasteiger partial charge in [0.25, 0.3) is 0 Å². The summed E-state index contributed by atoms with van der Waals surface area (Å²) in [4.78, 5) is 4.90. The summed E-state index contributed by atoms with van der Waals surface area (Å²) in [6.45, 7) is 6.18. The highest BCUT2D eigenvalue weighted by Crippen LogP contribution is 2.30. The van der Waals surface area contributed by atoms with Gasteiger partial charge >= 0.3 is 0 Å². The molecule has 5 heteroatoms. The summed E-state index contributed by atoms with van der Waals surface area (Å²) in [6, 6.07) is 4.00. The van der Waals surface area contributed by atoms with Crippen LogP contribution in [0.25, 0.3) is 0 Å². The van der Waals surface area contributed by atoms with Gasteiger partial charge in [0, 0.05) is 39.3 Å². The lowest BCUT2D eigenvalue weighted by molar-refractivity contribution is 0.247. The van der Waals surface area contributed by atoms with Gasteiger partial charge in [0.2, 0.25) is 0 Å². The molecule has 0 atom stereocenters. The Morgan fingerprint density at radius 3 is 2.44 bits per heavy atom. The molecule has 0 unspecified atom stereocenters. The largest absolute Gasteiger partial charge is 0.353 e. The maximum atomic E-state index is 5.53. The molecule has 2 heterocycles. The van der Waals surface area contributed by atoms with Crippen LogP contribution in [0.15, 0.2) is 12.1 Å². The average molecular weight is 247 g/mol. The second kappa shape index (κ2) is 5.20. The summed E-state index contributed by atoms with van der Waals surface area (Å²) < 4.78 is 0. The van der Waals surface area contributed by atoms with Gasteiger partial charge in [-0.2, -0.15) is 5.10 Å². The second-order valence-electron chi connectivity index (χ2n) is 5.32. The van der Waals surface area contributed by atoms with Crippen LogP contribution in [0, 0.1) is 5.92 Å². The van der Waals surface area contributed by atoms with E-state index < -0.39 is 0 Å². The number of nitrogens with two attached hydrogens (primary N) is 1. The molecule has 1 saturated heterocycles. The number of piperazine rings is 1. The van der Waals surface area contributed by atoms with Gasteiger partial charge in [0.05, 0.1) is 5.69 Å². The molecule has 98 valence electrons. The van der Waals surface area contributed by atoms with Crippen molar-refractivity contribution in [3.8, 4) is 0 Å². The quantitative estimate of drug-likeness (QED) is 0.838. The highest BCUT2D eigenvalue weighted by atomic mass is 15.3. The zero-order valence-corrected chi connectivity index (χ0v) is 10.8. The van der Waals surface area contributed by atoms with E-state index in [1.807, 2.05) is 12.1 Å². The van der Waals surface area contributed by atoms with Crippen LogP contribution in [-0.4, -0.2) is 47.8 Å². The molecule has 0 spiro atoms. The fraction of sp³-hybridized carbons (Fsp3) is 0.692. The van der Waals surface area contributed by atoms with Crippen LogP contribution in [-0.2, 0) is 6.54 Å². The first-order chi connectivity index (χ1) is 8.85. The Balaban J connectivity index is 1.54. The van der Waals surface area contributed by atoms with Crippen molar-refractivity contribution in [2.24, 2.45) is 11.7 Å². The third-order valence-electron chi connectivity index (χ3n) is 3.82. The Kier molecular flexibility index (Phi) is 3.43. The van der Waals surface area contributed by atoms with Gasteiger partial charge in [-0.15, -0.1) is 5.10 Å². The standard InChI is InChI=1S/C13H21N5/c14-9-12-3-4-13(16-15-12)18-7-5-17(6-8-18)10-11-1-2-11/h3-4,11H,1-2,5-10,14H2. The minimum absolute atomic E-state index is 0.461. The van der Waals surface area contributed by atoms with E-state index in [1.165, 1.54) is 19.4 Å². The van der Waals surface area contributed by atoms with Crippen molar-refractivity contribution in [3.63, 3.8) is 0 Å². The molecule has 1 aliphatic carbocycles. The van der Waals surface area contributed by atoms with E-state index in [2.05, 4.69) is 20.0 Å². The van der Waals surface area contributed by atoms with Crippen molar-refractivity contribution in [1.82, 2.24) is 15.1 Å². The van der Waals surface area contributed by atoms with Crippen molar-refractivity contribution < 1.29 is 0 Å². The van der Waals surface area contributed by atoms with Crippen LogP contribution in [0.1, 0.15) is 18.5 Å². The Morgan fingerprint density at radius 1 is 1.11 bits per heavy atom. The van der Waals surface area contributed by atoms with Crippen LogP contribution < -0.4 is 10.6 Å². The number of hydrogen-bond acceptors (Lipinski definition) is 5. The molecule has 2 N–H and O–H groups in total. The molecule has 1 aromatic heterocycles. The van der Waals surface area contributed by atoms with Crippen LogP contribution in [0.2, 0.25) is 0 Å². The maximum absolute atomic E-state index is 5.53. The van der Waals surface area contributed by atoms with E-state index in [4.69, 9.17) is 5.73 Å². The molecule has 5 nitrogen and oxygen atoms in total. The van der Waals surface area contributed by atoms with E-state index in [9.17, 15) is 0 Å². The highest BCUT2D eigenvalue weighted by molar-refractivity contribution is 5.37. The summed E-state index contributed by atoms with van der Waals surface area (Å²) in [5.74, 6) is 1.97. The lowest BCUT2D eigenvalue weighted by Gasteiger charge is -2.35. The first-order valence-corrected chi connectivity index (χ1v) is 6.85. The third kappa shape index (κ3) is 2.79. The second-order valence-corrected chi connectivity index (χ2v) is 5.32. The summed E-state index contributed by atoms with van der Waals surface area (Å²) >= 11 is 0. The summed E-state index contributed by atoms with van der Waals surface area (Å²) in [5.41, 5.74) is 6.38. The predicted molar refractivity (Wildman–Crippen MR) is 71.3 cm³/mol.